The number of amides is 1. The summed E-state index contributed by atoms with van der Waals surface area (Å²) in [5.41, 5.74) is 0.493. The normalized spacial score (nSPS) is 31.3. The van der Waals surface area contributed by atoms with E-state index in [2.05, 4.69) is 5.32 Å². The number of rotatable bonds is 2. The Morgan fingerprint density at radius 1 is 1.47 bits per heavy atom. The van der Waals surface area contributed by atoms with Gasteiger partial charge in [0.15, 0.2) is 0 Å². The molecule has 0 aromatic carbocycles. The largest absolute Gasteiger partial charge is 0.355 e. The van der Waals surface area contributed by atoms with Crippen LogP contribution in [-0.2, 0) is 4.79 Å². The summed E-state index contributed by atoms with van der Waals surface area (Å²) < 4.78 is 0. The molecule has 2 N–H and O–H groups in total. The molecule has 0 bridgehead atoms. The van der Waals surface area contributed by atoms with Crippen molar-refractivity contribution >= 4 is 23.4 Å². The Balaban J connectivity index is 1.62. The van der Waals surface area contributed by atoms with Gasteiger partial charge in [-0.15, -0.1) is 0 Å². The summed E-state index contributed by atoms with van der Waals surface area (Å²) in [6, 6.07) is 0. The van der Waals surface area contributed by atoms with Crippen LogP contribution < -0.4 is 5.32 Å². The van der Waals surface area contributed by atoms with E-state index in [9.17, 15) is 4.79 Å². The van der Waals surface area contributed by atoms with E-state index in [0.29, 0.717) is 5.71 Å². The van der Waals surface area contributed by atoms with Crippen LogP contribution in [0.3, 0.4) is 0 Å². The Morgan fingerprint density at radius 2 is 2.16 bits per heavy atom. The van der Waals surface area contributed by atoms with Crippen molar-refractivity contribution in [1.29, 1.82) is 5.41 Å². The minimum absolute atomic E-state index is 0.151. The molecular weight excluding hydrogens is 258 g/mol. The fourth-order valence-corrected chi connectivity index (χ4v) is 4.17. The third kappa shape index (κ3) is 2.56. The maximum Gasteiger partial charge on any atom is 0.262 e. The minimum atomic E-state index is 0.151. The summed E-state index contributed by atoms with van der Waals surface area (Å²) in [7, 11) is 0. The lowest BCUT2D eigenvalue weighted by molar-refractivity contribution is -0.125. The van der Waals surface area contributed by atoms with Gasteiger partial charge in [-0.1, -0.05) is 18.2 Å². The van der Waals surface area contributed by atoms with Crippen LogP contribution in [-0.4, -0.2) is 29.6 Å². The van der Waals surface area contributed by atoms with Crippen LogP contribution >= 0.6 is 11.8 Å². The first-order valence-corrected chi connectivity index (χ1v) is 7.66. The van der Waals surface area contributed by atoms with Gasteiger partial charge in [-0.25, -0.2) is 0 Å². The van der Waals surface area contributed by atoms with Crippen LogP contribution in [0.2, 0.25) is 0 Å². The van der Waals surface area contributed by atoms with Crippen LogP contribution in [0.1, 0.15) is 26.2 Å². The highest BCUT2D eigenvalue weighted by Crippen LogP contribution is 2.39. The molecule has 0 spiro atoms. The standard InChI is InChI=1S/C14H19N3OS/c1-9(15)5-13-16-6-12(19-13)14(18)17-7-10-3-2-4-11(10)8-17/h5-6,10-11,15-16H,2-4,7-8H2,1H3/b13-5+,15-9?/t10-,11+. The number of nitrogens with one attached hydrogen (secondary N) is 2. The van der Waals surface area contributed by atoms with Crippen molar-refractivity contribution in [2.75, 3.05) is 13.1 Å². The summed E-state index contributed by atoms with van der Waals surface area (Å²) in [6.07, 6.45) is 7.44. The van der Waals surface area contributed by atoms with Gasteiger partial charge < -0.3 is 15.6 Å². The monoisotopic (exact) mass is 277 g/mol. The number of carbonyl (C=O) groups excluding carboxylic acids is 1. The number of hydrogen-bond acceptors (Lipinski definition) is 4. The summed E-state index contributed by atoms with van der Waals surface area (Å²) in [5, 5.41) is 11.4. The number of hydrogen-bond donors (Lipinski definition) is 2. The van der Waals surface area contributed by atoms with Crippen molar-refractivity contribution in [3.05, 3.63) is 22.2 Å². The first-order valence-electron chi connectivity index (χ1n) is 6.84. The molecule has 0 unspecified atom stereocenters. The Labute approximate surface area is 117 Å². The zero-order chi connectivity index (χ0) is 13.4. The molecule has 1 aliphatic carbocycles. The Hall–Kier alpha value is -1.23. The molecule has 4 nitrogen and oxygen atoms in total. The van der Waals surface area contributed by atoms with E-state index >= 15 is 0 Å². The highest BCUT2D eigenvalue weighted by molar-refractivity contribution is 8.07. The molecule has 102 valence electrons. The third-order valence-corrected chi connectivity index (χ3v) is 5.11. The molecule has 1 saturated heterocycles. The first-order chi connectivity index (χ1) is 9.13. The molecule has 2 aliphatic heterocycles. The second-order valence-electron chi connectivity index (χ2n) is 5.61. The summed E-state index contributed by atoms with van der Waals surface area (Å²) in [4.78, 5) is 15.2. The van der Waals surface area contributed by atoms with Crippen LogP contribution in [0.15, 0.2) is 22.2 Å². The predicted molar refractivity (Wildman–Crippen MR) is 77.7 cm³/mol. The van der Waals surface area contributed by atoms with Gasteiger partial charge in [0.2, 0.25) is 0 Å². The number of fused-ring (bicyclic) bond motifs is 1. The molecule has 0 aromatic rings. The van der Waals surface area contributed by atoms with E-state index in [4.69, 9.17) is 5.41 Å². The second-order valence-corrected chi connectivity index (χ2v) is 6.69. The number of carbonyl (C=O) groups is 1. The second kappa shape index (κ2) is 5.04. The molecule has 3 aliphatic rings. The van der Waals surface area contributed by atoms with Gasteiger partial charge in [0, 0.05) is 25.0 Å². The maximum absolute atomic E-state index is 12.4. The van der Waals surface area contributed by atoms with Gasteiger partial charge in [0.05, 0.1) is 9.93 Å². The number of nitrogens with zero attached hydrogens (tertiary/aromatic N) is 1. The number of likely N-dealkylation sites (tertiary alicyclic amines) is 1. The van der Waals surface area contributed by atoms with Crippen LogP contribution in [0, 0.1) is 17.2 Å². The topological polar surface area (TPSA) is 56.2 Å². The van der Waals surface area contributed by atoms with Crippen LogP contribution in [0.4, 0.5) is 0 Å². The van der Waals surface area contributed by atoms with Crippen molar-refractivity contribution < 1.29 is 4.79 Å². The van der Waals surface area contributed by atoms with E-state index in [1.54, 1.807) is 19.2 Å². The molecule has 5 heteroatoms. The number of thioether (sulfide) groups is 1. The summed E-state index contributed by atoms with van der Waals surface area (Å²) >= 11 is 1.44. The molecule has 19 heavy (non-hydrogen) atoms. The molecule has 0 aromatic heterocycles. The first kappa shape index (κ1) is 12.8. The summed E-state index contributed by atoms with van der Waals surface area (Å²) in [6.45, 7) is 3.60. The van der Waals surface area contributed by atoms with Crippen LogP contribution in [0.5, 0.6) is 0 Å². The van der Waals surface area contributed by atoms with Gasteiger partial charge in [-0.05, 0) is 37.7 Å². The summed E-state index contributed by atoms with van der Waals surface area (Å²) in [5.74, 6) is 1.63. The van der Waals surface area contributed by atoms with Gasteiger partial charge in [0.1, 0.15) is 0 Å². The molecule has 0 radical (unpaired) electrons. The Morgan fingerprint density at radius 3 is 2.79 bits per heavy atom. The lowest BCUT2D eigenvalue weighted by Crippen LogP contribution is -2.29. The van der Waals surface area contributed by atoms with Crippen molar-refractivity contribution in [2.24, 2.45) is 11.8 Å². The average molecular weight is 277 g/mol. The van der Waals surface area contributed by atoms with Crippen LogP contribution in [0.25, 0.3) is 0 Å². The molecule has 1 amide bonds. The number of allylic oxidation sites excluding steroid dienone is 1. The van der Waals surface area contributed by atoms with E-state index in [1.165, 1.54) is 31.0 Å². The molecule has 2 atom stereocenters. The fraction of sp³-hybridized carbons (Fsp3) is 0.571. The van der Waals surface area contributed by atoms with E-state index < -0.39 is 0 Å². The molecule has 3 rings (SSSR count). The quantitative estimate of drug-likeness (QED) is 0.762. The van der Waals surface area contributed by atoms with E-state index in [0.717, 1.165) is 34.9 Å². The highest BCUT2D eigenvalue weighted by Gasteiger charge is 2.39. The maximum atomic E-state index is 12.4. The Bertz CT molecular complexity index is 471. The molecule has 2 fully saturated rings. The lowest BCUT2D eigenvalue weighted by Gasteiger charge is -2.17. The van der Waals surface area contributed by atoms with Gasteiger partial charge in [-0.2, -0.15) is 0 Å². The van der Waals surface area contributed by atoms with E-state index in [1.807, 2.05) is 4.90 Å². The van der Waals surface area contributed by atoms with Crippen molar-refractivity contribution in [3.8, 4) is 0 Å². The van der Waals surface area contributed by atoms with Gasteiger partial charge in [-0.3, -0.25) is 4.79 Å². The van der Waals surface area contributed by atoms with Crippen molar-refractivity contribution in [1.82, 2.24) is 10.2 Å². The Kier molecular flexibility index (Phi) is 3.39. The minimum Gasteiger partial charge on any atom is -0.355 e. The zero-order valence-electron chi connectivity index (χ0n) is 11.1. The fourth-order valence-electron chi connectivity index (χ4n) is 3.24. The lowest BCUT2D eigenvalue weighted by atomic mass is 10.0. The predicted octanol–water partition coefficient (Wildman–Crippen LogP) is 2.30. The smallest absolute Gasteiger partial charge is 0.262 e. The van der Waals surface area contributed by atoms with Crippen molar-refractivity contribution in [3.63, 3.8) is 0 Å². The van der Waals surface area contributed by atoms with Crippen molar-refractivity contribution in [2.45, 2.75) is 26.2 Å². The molecule has 2 heterocycles. The molecular formula is C14H19N3OS. The molecule has 1 saturated carbocycles. The van der Waals surface area contributed by atoms with E-state index in [-0.39, 0.29) is 5.91 Å². The third-order valence-electron chi connectivity index (χ3n) is 4.14. The van der Waals surface area contributed by atoms with Gasteiger partial charge in [0.25, 0.3) is 5.91 Å². The average Bonchev–Trinajstić information content (AvgIpc) is 2.99. The zero-order valence-corrected chi connectivity index (χ0v) is 11.9. The van der Waals surface area contributed by atoms with Gasteiger partial charge >= 0.3 is 0 Å². The highest BCUT2D eigenvalue weighted by atomic mass is 32.2. The SMILES string of the molecule is CC(=N)/C=C1\NC=C(C(=O)N2C[C@H]3CCC[C@H]3C2)S1.